The fraction of sp³-hybridized carbons (Fsp3) is 0.167. The molecule has 0 atom stereocenters. The summed E-state index contributed by atoms with van der Waals surface area (Å²) in [4.78, 5) is 11.9. The first-order chi connectivity index (χ1) is 8.89. The number of aryl methyl sites for hydroxylation is 1. The number of alkyl halides is 3. The Kier molecular flexibility index (Phi) is 4.78. The Morgan fingerprint density at radius 2 is 1.85 bits per heavy atom. The number of amides is 1. The lowest BCUT2D eigenvalue weighted by Crippen LogP contribution is -2.18. The highest BCUT2D eigenvalue weighted by Gasteiger charge is 2.39. The molecule has 0 bridgehead atoms. The average molecular weight is 306 g/mol. The van der Waals surface area contributed by atoms with Crippen molar-refractivity contribution in [3.63, 3.8) is 0 Å². The lowest BCUT2D eigenvalue weighted by atomic mass is 10.1. The van der Waals surface area contributed by atoms with Crippen molar-refractivity contribution in [3.05, 3.63) is 47.3 Å². The molecule has 0 fully saturated rings. The molecule has 20 heavy (non-hydrogen) atoms. The molecule has 1 aromatic heterocycles. The Hall–Kier alpha value is -2.02. The van der Waals surface area contributed by atoms with E-state index in [0.29, 0.717) is 5.69 Å². The van der Waals surface area contributed by atoms with Gasteiger partial charge in [-0.25, -0.2) is 0 Å². The van der Waals surface area contributed by atoms with Crippen LogP contribution in [-0.4, -0.2) is 16.1 Å². The molecule has 0 aliphatic heterocycles. The van der Waals surface area contributed by atoms with E-state index in [9.17, 15) is 18.0 Å². The number of para-hydroxylation sites is 1. The summed E-state index contributed by atoms with van der Waals surface area (Å²) in [6.07, 6.45) is -4.67. The number of anilines is 1. The number of carbonyl (C=O) groups excluding carboxylic acids is 1. The van der Waals surface area contributed by atoms with Crippen LogP contribution >= 0.6 is 12.4 Å². The Morgan fingerprint density at radius 3 is 2.40 bits per heavy atom. The topological polar surface area (TPSA) is 57.8 Å². The van der Waals surface area contributed by atoms with Crippen molar-refractivity contribution in [1.82, 2.24) is 10.2 Å². The minimum absolute atomic E-state index is 0. The molecule has 0 unspecified atom stereocenters. The molecule has 1 aromatic carbocycles. The molecule has 1 heterocycles. The normalized spacial score (nSPS) is 10.8. The largest absolute Gasteiger partial charge is 0.435 e. The second kappa shape index (κ2) is 5.96. The second-order valence-electron chi connectivity index (χ2n) is 3.89. The Balaban J connectivity index is 0.00000200. The van der Waals surface area contributed by atoms with E-state index in [1.165, 1.54) is 6.92 Å². The SMILES string of the molecule is Cc1[nH]nc(C(F)(F)F)c1C(=O)Nc1ccccc1.Cl. The van der Waals surface area contributed by atoms with Crippen LogP contribution in [0.4, 0.5) is 18.9 Å². The minimum atomic E-state index is -4.67. The van der Waals surface area contributed by atoms with Gasteiger partial charge in [0.05, 0.1) is 5.56 Å². The number of halogens is 4. The van der Waals surface area contributed by atoms with Crippen molar-refractivity contribution in [2.24, 2.45) is 0 Å². The van der Waals surface area contributed by atoms with Gasteiger partial charge in [0.15, 0.2) is 5.69 Å². The molecule has 108 valence electrons. The predicted octanol–water partition coefficient (Wildman–Crippen LogP) is 3.41. The third-order valence-electron chi connectivity index (χ3n) is 2.47. The highest BCUT2D eigenvalue weighted by Crippen LogP contribution is 2.31. The van der Waals surface area contributed by atoms with E-state index in [-0.39, 0.29) is 18.1 Å². The summed E-state index contributed by atoms with van der Waals surface area (Å²) in [6, 6.07) is 8.24. The van der Waals surface area contributed by atoms with Gasteiger partial charge in [-0.3, -0.25) is 9.89 Å². The number of H-pyrrole nitrogens is 1. The van der Waals surface area contributed by atoms with Crippen LogP contribution in [-0.2, 0) is 6.18 Å². The third-order valence-corrected chi connectivity index (χ3v) is 2.47. The molecule has 2 rings (SSSR count). The number of nitrogens with zero attached hydrogens (tertiary/aromatic N) is 1. The summed E-state index contributed by atoms with van der Waals surface area (Å²) >= 11 is 0. The number of aromatic nitrogens is 2. The molecule has 2 N–H and O–H groups in total. The molecule has 8 heteroatoms. The number of aromatic amines is 1. The van der Waals surface area contributed by atoms with Gasteiger partial charge in [0, 0.05) is 11.4 Å². The van der Waals surface area contributed by atoms with E-state index in [4.69, 9.17) is 0 Å². The Morgan fingerprint density at radius 1 is 1.25 bits per heavy atom. The zero-order valence-electron chi connectivity index (χ0n) is 10.3. The molecule has 0 spiro atoms. The van der Waals surface area contributed by atoms with E-state index in [1.807, 2.05) is 0 Å². The van der Waals surface area contributed by atoms with Gasteiger partial charge >= 0.3 is 6.18 Å². The van der Waals surface area contributed by atoms with Gasteiger partial charge in [-0.15, -0.1) is 12.4 Å². The molecule has 0 saturated carbocycles. The number of benzene rings is 1. The van der Waals surface area contributed by atoms with Crippen LogP contribution in [0.15, 0.2) is 30.3 Å². The van der Waals surface area contributed by atoms with E-state index in [1.54, 1.807) is 30.3 Å². The van der Waals surface area contributed by atoms with E-state index in [2.05, 4.69) is 15.5 Å². The maximum Gasteiger partial charge on any atom is 0.435 e. The maximum atomic E-state index is 12.7. The molecule has 0 radical (unpaired) electrons. The molecule has 0 aliphatic carbocycles. The number of nitrogens with one attached hydrogen (secondary N) is 2. The molecule has 1 amide bonds. The molecular formula is C12H11ClF3N3O. The fourth-order valence-corrected chi connectivity index (χ4v) is 1.63. The van der Waals surface area contributed by atoms with Crippen LogP contribution in [0.5, 0.6) is 0 Å². The van der Waals surface area contributed by atoms with Gasteiger partial charge in [0.2, 0.25) is 0 Å². The predicted molar refractivity (Wildman–Crippen MR) is 70.0 cm³/mol. The van der Waals surface area contributed by atoms with Crippen LogP contribution in [0.25, 0.3) is 0 Å². The van der Waals surface area contributed by atoms with Crippen molar-refractivity contribution in [2.45, 2.75) is 13.1 Å². The quantitative estimate of drug-likeness (QED) is 0.893. The summed E-state index contributed by atoms with van der Waals surface area (Å²) < 4.78 is 38.1. The smallest absolute Gasteiger partial charge is 0.322 e. The van der Waals surface area contributed by atoms with Gasteiger partial charge in [-0.05, 0) is 19.1 Å². The highest BCUT2D eigenvalue weighted by molar-refractivity contribution is 6.05. The van der Waals surface area contributed by atoms with E-state index < -0.39 is 23.3 Å². The molecule has 0 saturated heterocycles. The molecule has 0 aliphatic rings. The highest BCUT2D eigenvalue weighted by atomic mass is 35.5. The molecule has 4 nitrogen and oxygen atoms in total. The number of carbonyl (C=O) groups is 1. The lowest BCUT2D eigenvalue weighted by molar-refractivity contribution is -0.141. The summed E-state index contributed by atoms with van der Waals surface area (Å²) in [6.45, 7) is 1.36. The van der Waals surface area contributed by atoms with Gasteiger partial charge in [0.25, 0.3) is 5.91 Å². The molecule has 2 aromatic rings. The Bertz CT molecular complexity index is 596. The first-order valence-corrected chi connectivity index (χ1v) is 5.38. The third kappa shape index (κ3) is 3.30. The van der Waals surface area contributed by atoms with Crippen LogP contribution in [0.3, 0.4) is 0 Å². The van der Waals surface area contributed by atoms with Crippen molar-refractivity contribution >= 4 is 24.0 Å². The van der Waals surface area contributed by atoms with Crippen LogP contribution in [0.2, 0.25) is 0 Å². The summed E-state index contributed by atoms with van der Waals surface area (Å²) in [5.74, 6) is -0.843. The summed E-state index contributed by atoms with van der Waals surface area (Å²) in [7, 11) is 0. The minimum Gasteiger partial charge on any atom is -0.322 e. The maximum absolute atomic E-state index is 12.7. The van der Waals surface area contributed by atoms with Crippen molar-refractivity contribution < 1.29 is 18.0 Å². The van der Waals surface area contributed by atoms with Crippen molar-refractivity contribution in [1.29, 1.82) is 0 Å². The first-order valence-electron chi connectivity index (χ1n) is 5.38. The summed E-state index contributed by atoms with van der Waals surface area (Å²) in [5, 5.41) is 7.72. The fourth-order valence-electron chi connectivity index (χ4n) is 1.63. The standard InChI is InChI=1S/C12H10F3N3O.ClH/c1-7-9(10(18-17-7)12(13,14)15)11(19)16-8-5-3-2-4-6-8;/h2-6H,1H3,(H,16,19)(H,17,18);1H. The average Bonchev–Trinajstić information content (AvgIpc) is 2.72. The number of hydrogen-bond acceptors (Lipinski definition) is 2. The molecular weight excluding hydrogens is 295 g/mol. The van der Waals surface area contributed by atoms with Crippen LogP contribution in [0, 0.1) is 6.92 Å². The number of hydrogen-bond donors (Lipinski definition) is 2. The van der Waals surface area contributed by atoms with Crippen molar-refractivity contribution in [2.75, 3.05) is 5.32 Å². The van der Waals surface area contributed by atoms with Crippen LogP contribution < -0.4 is 5.32 Å². The zero-order chi connectivity index (χ0) is 14.0. The first kappa shape index (κ1) is 16.0. The van der Waals surface area contributed by atoms with Gasteiger partial charge in [0.1, 0.15) is 0 Å². The van der Waals surface area contributed by atoms with Crippen LogP contribution in [0.1, 0.15) is 21.7 Å². The zero-order valence-corrected chi connectivity index (χ0v) is 11.1. The lowest BCUT2D eigenvalue weighted by Gasteiger charge is -2.08. The Labute approximate surface area is 118 Å². The number of rotatable bonds is 2. The van der Waals surface area contributed by atoms with Crippen molar-refractivity contribution in [3.8, 4) is 0 Å². The second-order valence-corrected chi connectivity index (χ2v) is 3.89. The monoisotopic (exact) mass is 305 g/mol. The van der Waals surface area contributed by atoms with Gasteiger partial charge in [-0.2, -0.15) is 18.3 Å². The van der Waals surface area contributed by atoms with Gasteiger partial charge < -0.3 is 5.32 Å². The van der Waals surface area contributed by atoms with E-state index >= 15 is 0 Å². The van der Waals surface area contributed by atoms with E-state index in [0.717, 1.165) is 0 Å². The summed E-state index contributed by atoms with van der Waals surface area (Å²) in [5.41, 5.74) is -1.21. The van der Waals surface area contributed by atoms with Gasteiger partial charge in [-0.1, -0.05) is 18.2 Å².